The van der Waals surface area contributed by atoms with Crippen molar-refractivity contribution in [3.8, 4) is 0 Å². The topological polar surface area (TPSA) is 74.3 Å². The van der Waals surface area contributed by atoms with Crippen molar-refractivity contribution < 1.29 is 14.0 Å². The van der Waals surface area contributed by atoms with E-state index in [1.165, 1.54) is 42.0 Å². The van der Waals surface area contributed by atoms with Crippen LogP contribution in [0.2, 0.25) is 0 Å². The van der Waals surface area contributed by atoms with Gasteiger partial charge in [0.1, 0.15) is 5.82 Å². The highest BCUT2D eigenvalue weighted by Crippen LogP contribution is 2.23. The van der Waals surface area contributed by atoms with E-state index in [-0.39, 0.29) is 12.5 Å². The summed E-state index contributed by atoms with van der Waals surface area (Å²) in [6.07, 6.45) is 1.26. The lowest BCUT2D eigenvalue weighted by molar-refractivity contribution is -0.115. The van der Waals surface area contributed by atoms with E-state index in [0.717, 1.165) is 25.3 Å². The van der Waals surface area contributed by atoms with Crippen LogP contribution in [0.15, 0.2) is 29.6 Å². The third-order valence-electron chi connectivity index (χ3n) is 4.64. The van der Waals surface area contributed by atoms with Crippen molar-refractivity contribution in [1.29, 1.82) is 0 Å². The lowest BCUT2D eigenvalue weighted by Crippen LogP contribution is -2.38. The minimum absolute atomic E-state index is 0.174. The molecule has 0 bridgehead atoms. The zero-order chi connectivity index (χ0) is 20.1. The third-order valence-corrected chi connectivity index (χ3v) is 5.45. The second kappa shape index (κ2) is 9.25. The van der Waals surface area contributed by atoms with Crippen LogP contribution < -0.4 is 10.6 Å². The molecule has 1 saturated heterocycles. The van der Waals surface area contributed by atoms with E-state index >= 15 is 0 Å². The predicted molar refractivity (Wildman–Crippen MR) is 108 cm³/mol. The van der Waals surface area contributed by atoms with Gasteiger partial charge in [-0.15, -0.1) is 11.3 Å². The first-order valence-electron chi connectivity index (χ1n) is 9.39. The summed E-state index contributed by atoms with van der Waals surface area (Å²) < 4.78 is 12.9. The van der Waals surface area contributed by atoms with Gasteiger partial charge in [-0.1, -0.05) is 13.8 Å². The van der Waals surface area contributed by atoms with E-state index < -0.39 is 11.7 Å². The van der Waals surface area contributed by atoms with Gasteiger partial charge in [0.05, 0.1) is 12.2 Å². The quantitative estimate of drug-likeness (QED) is 0.776. The first kappa shape index (κ1) is 20.4. The Balaban J connectivity index is 1.46. The fraction of sp³-hybridized carbons (Fsp3) is 0.450. The summed E-state index contributed by atoms with van der Waals surface area (Å²) >= 11 is 1.38. The molecule has 2 atom stereocenters. The Morgan fingerprint density at radius 3 is 2.57 bits per heavy atom. The molecular weight excluding hydrogens is 379 g/mol. The van der Waals surface area contributed by atoms with E-state index in [1.54, 1.807) is 0 Å². The number of benzene rings is 1. The molecule has 2 heterocycles. The van der Waals surface area contributed by atoms with Gasteiger partial charge in [0.15, 0.2) is 5.13 Å². The summed E-state index contributed by atoms with van der Waals surface area (Å²) in [6, 6.07) is 5.15. The summed E-state index contributed by atoms with van der Waals surface area (Å²) in [5.41, 5.74) is 1.24. The minimum atomic E-state index is -0.427. The third kappa shape index (κ3) is 5.84. The highest BCUT2D eigenvalue weighted by atomic mass is 32.1. The molecular formula is C20H25FN4O2S. The standard InChI is InChI=1S/C20H25FN4O2S/c1-13-7-14(2)10-25(9-13)11-17-12-28-20(23-17)24-18(26)8-22-19(27)15-3-5-16(21)6-4-15/h3-6,12-14H,7-11H2,1-2H3,(H,22,27)(H,23,24,26)/t13-,14-/m1/s1. The second-order valence-corrected chi connectivity index (χ2v) is 8.38. The number of amides is 2. The number of likely N-dealkylation sites (tertiary alicyclic amines) is 1. The molecule has 1 aliphatic heterocycles. The number of nitrogens with one attached hydrogen (secondary N) is 2. The second-order valence-electron chi connectivity index (χ2n) is 7.52. The normalized spacial score (nSPS) is 20.0. The molecule has 1 aromatic heterocycles. The number of rotatable bonds is 6. The SMILES string of the molecule is C[C@@H]1C[C@@H](C)CN(Cc2csc(NC(=O)CNC(=O)c3ccc(F)cc3)n2)C1. The fourth-order valence-corrected chi connectivity index (χ4v) is 4.33. The largest absolute Gasteiger partial charge is 0.343 e. The van der Waals surface area contributed by atoms with Crippen molar-refractivity contribution in [3.05, 3.63) is 46.7 Å². The Labute approximate surface area is 168 Å². The molecule has 0 spiro atoms. The van der Waals surface area contributed by atoms with Crippen molar-refractivity contribution in [2.45, 2.75) is 26.8 Å². The van der Waals surface area contributed by atoms with Crippen LogP contribution in [-0.2, 0) is 11.3 Å². The molecule has 2 N–H and O–H groups in total. The van der Waals surface area contributed by atoms with E-state index in [9.17, 15) is 14.0 Å². The predicted octanol–water partition coefficient (Wildman–Crippen LogP) is 3.13. The van der Waals surface area contributed by atoms with Crippen molar-refractivity contribution in [2.24, 2.45) is 11.8 Å². The van der Waals surface area contributed by atoms with E-state index in [4.69, 9.17) is 0 Å². The van der Waals surface area contributed by atoms with Gasteiger partial charge in [-0.25, -0.2) is 9.37 Å². The lowest BCUT2D eigenvalue weighted by Gasteiger charge is -2.34. The number of hydrogen-bond donors (Lipinski definition) is 2. The van der Waals surface area contributed by atoms with Crippen molar-refractivity contribution >= 4 is 28.3 Å². The summed E-state index contributed by atoms with van der Waals surface area (Å²) in [7, 11) is 0. The molecule has 8 heteroatoms. The van der Waals surface area contributed by atoms with Gasteiger partial charge < -0.3 is 10.6 Å². The smallest absolute Gasteiger partial charge is 0.251 e. The molecule has 1 fully saturated rings. The molecule has 6 nitrogen and oxygen atoms in total. The molecule has 150 valence electrons. The van der Waals surface area contributed by atoms with E-state index in [0.29, 0.717) is 22.5 Å². The van der Waals surface area contributed by atoms with Crippen LogP contribution in [0.4, 0.5) is 9.52 Å². The van der Waals surface area contributed by atoms with Gasteiger partial charge in [0, 0.05) is 30.6 Å². The van der Waals surface area contributed by atoms with Crippen LogP contribution in [0.5, 0.6) is 0 Å². The van der Waals surface area contributed by atoms with Crippen LogP contribution in [-0.4, -0.2) is 41.3 Å². The number of aromatic nitrogens is 1. The number of anilines is 1. The van der Waals surface area contributed by atoms with Gasteiger partial charge in [0.25, 0.3) is 5.91 Å². The maximum Gasteiger partial charge on any atom is 0.251 e. The maximum absolute atomic E-state index is 12.9. The maximum atomic E-state index is 12.9. The Kier molecular flexibility index (Phi) is 6.74. The molecule has 2 amide bonds. The zero-order valence-electron chi connectivity index (χ0n) is 16.1. The van der Waals surface area contributed by atoms with Gasteiger partial charge >= 0.3 is 0 Å². The molecule has 28 heavy (non-hydrogen) atoms. The Hall–Kier alpha value is -2.32. The first-order chi connectivity index (χ1) is 13.4. The zero-order valence-corrected chi connectivity index (χ0v) is 16.9. The van der Waals surface area contributed by atoms with Gasteiger partial charge in [-0.3, -0.25) is 14.5 Å². The molecule has 2 aromatic rings. The molecule has 0 aliphatic carbocycles. The molecule has 1 aromatic carbocycles. The van der Waals surface area contributed by atoms with E-state index in [1.807, 2.05) is 5.38 Å². The Bertz CT molecular complexity index is 814. The number of halogens is 1. The molecule has 0 unspecified atom stereocenters. The monoisotopic (exact) mass is 404 g/mol. The minimum Gasteiger partial charge on any atom is -0.343 e. The molecule has 1 aliphatic rings. The molecule has 0 radical (unpaired) electrons. The average Bonchev–Trinajstić information content (AvgIpc) is 3.06. The lowest BCUT2D eigenvalue weighted by atomic mass is 9.92. The fourth-order valence-electron chi connectivity index (χ4n) is 3.61. The van der Waals surface area contributed by atoms with Crippen LogP contribution in [0.1, 0.15) is 36.3 Å². The molecule has 0 saturated carbocycles. The average molecular weight is 405 g/mol. The number of piperidine rings is 1. The summed E-state index contributed by atoms with van der Waals surface area (Å²) in [5, 5.41) is 7.70. The number of carbonyl (C=O) groups excluding carboxylic acids is 2. The first-order valence-corrected chi connectivity index (χ1v) is 10.3. The van der Waals surface area contributed by atoms with E-state index in [2.05, 4.69) is 34.4 Å². The Morgan fingerprint density at radius 2 is 1.89 bits per heavy atom. The Morgan fingerprint density at radius 1 is 1.21 bits per heavy atom. The summed E-state index contributed by atoms with van der Waals surface area (Å²) in [4.78, 5) is 30.9. The van der Waals surface area contributed by atoms with Crippen molar-refractivity contribution in [3.63, 3.8) is 0 Å². The number of nitrogens with zero attached hydrogens (tertiary/aromatic N) is 2. The highest BCUT2D eigenvalue weighted by molar-refractivity contribution is 7.13. The van der Waals surface area contributed by atoms with Crippen LogP contribution in [0, 0.1) is 17.7 Å². The highest BCUT2D eigenvalue weighted by Gasteiger charge is 2.22. The van der Waals surface area contributed by atoms with Gasteiger partial charge in [-0.05, 0) is 42.5 Å². The number of carbonyl (C=O) groups is 2. The number of thiazole rings is 1. The van der Waals surface area contributed by atoms with Crippen molar-refractivity contribution in [2.75, 3.05) is 25.0 Å². The van der Waals surface area contributed by atoms with Crippen molar-refractivity contribution in [1.82, 2.24) is 15.2 Å². The summed E-state index contributed by atoms with van der Waals surface area (Å²) in [6.45, 7) is 7.29. The van der Waals surface area contributed by atoms with Crippen LogP contribution >= 0.6 is 11.3 Å². The van der Waals surface area contributed by atoms with Crippen LogP contribution in [0.25, 0.3) is 0 Å². The number of hydrogen-bond acceptors (Lipinski definition) is 5. The van der Waals surface area contributed by atoms with Gasteiger partial charge in [0.2, 0.25) is 5.91 Å². The summed E-state index contributed by atoms with van der Waals surface area (Å²) in [5.74, 6) is 0.180. The molecule has 3 rings (SSSR count). The van der Waals surface area contributed by atoms with Gasteiger partial charge in [-0.2, -0.15) is 0 Å². The van der Waals surface area contributed by atoms with Crippen LogP contribution in [0.3, 0.4) is 0 Å².